The second-order valence-corrected chi connectivity index (χ2v) is 8.53. The van der Waals surface area contributed by atoms with E-state index < -0.39 is 11.6 Å². The zero-order valence-corrected chi connectivity index (χ0v) is 19.3. The summed E-state index contributed by atoms with van der Waals surface area (Å²) in [5.41, 5.74) is 4.01. The molecule has 0 amide bonds. The van der Waals surface area contributed by atoms with Crippen LogP contribution in [0.1, 0.15) is 30.9 Å². The maximum Gasteiger partial charge on any atom is 0.255 e. The zero-order chi connectivity index (χ0) is 23.9. The van der Waals surface area contributed by atoms with Gasteiger partial charge in [0.1, 0.15) is 17.3 Å². The summed E-state index contributed by atoms with van der Waals surface area (Å²) >= 11 is 6.16. The minimum absolute atomic E-state index is 0.0731. The lowest BCUT2D eigenvalue weighted by atomic mass is 10.1. The van der Waals surface area contributed by atoms with Crippen LogP contribution in [0.5, 0.6) is 0 Å². The highest BCUT2D eigenvalue weighted by Gasteiger charge is 2.21. The molecule has 0 saturated carbocycles. The number of oxazole rings is 1. The molecule has 7 heteroatoms. The third-order valence-electron chi connectivity index (χ3n) is 5.11. The first-order chi connectivity index (χ1) is 15.6. The van der Waals surface area contributed by atoms with E-state index in [2.05, 4.69) is 4.98 Å². The number of allylic oxidation sites excluding steroid dienone is 1. The summed E-state index contributed by atoms with van der Waals surface area (Å²) in [4.78, 5) is 17.3. The van der Waals surface area contributed by atoms with Crippen LogP contribution in [0.3, 0.4) is 0 Å². The topological polar surface area (TPSA) is 48.0 Å². The Labute approximate surface area is 194 Å². The van der Waals surface area contributed by atoms with Crippen LogP contribution in [-0.2, 0) is 0 Å². The summed E-state index contributed by atoms with van der Waals surface area (Å²) in [6.07, 6.45) is 3.36. The summed E-state index contributed by atoms with van der Waals surface area (Å²) in [6, 6.07) is 9.86. The lowest BCUT2D eigenvalue weighted by Crippen LogP contribution is -2.18. The Morgan fingerprint density at radius 3 is 2.39 bits per heavy atom. The molecule has 2 aromatic carbocycles. The van der Waals surface area contributed by atoms with Gasteiger partial charge in [-0.3, -0.25) is 9.36 Å². The van der Waals surface area contributed by atoms with Crippen molar-refractivity contribution in [2.24, 2.45) is 0 Å². The molecule has 4 rings (SSSR count). The zero-order valence-electron chi connectivity index (χ0n) is 18.5. The van der Waals surface area contributed by atoms with Crippen molar-refractivity contribution in [1.29, 1.82) is 0 Å². The van der Waals surface area contributed by atoms with Gasteiger partial charge in [0, 0.05) is 28.9 Å². The molecule has 0 unspecified atom stereocenters. The molecule has 0 fully saturated rings. The Bertz CT molecular complexity index is 1440. The van der Waals surface area contributed by atoms with Crippen LogP contribution < -0.4 is 5.56 Å². The third-order valence-corrected chi connectivity index (χ3v) is 5.33. The average Bonchev–Trinajstić information content (AvgIpc) is 3.11. The van der Waals surface area contributed by atoms with Crippen molar-refractivity contribution in [3.8, 4) is 28.3 Å². The molecule has 0 radical (unpaired) electrons. The van der Waals surface area contributed by atoms with Gasteiger partial charge < -0.3 is 4.42 Å². The number of rotatable bonds is 4. The number of hydrogen-bond donors (Lipinski definition) is 0. The van der Waals surface area contributed by atoms with Crippen molar-refractivity contribution in [2.75, 3.05) is 0 Å². The molecule has 0 spiro atoms. The van der Waals surface area contributed by atoms with Crippen molar-refractivity contribution < 1.29 is 13.2 Å². The van der Waals surface area contributed by atoms with Gasteiger partial charge in [-0.15, -0.1) is 0 Å². The Morgan fingerprint density at radius 2 is 1.76 bits per heavy atom. The van der Waals surface area contributed by atoms with Crippen molar-refractivity contribution in [1.82, 2.24) is 9.55 Å². The van der Waals surface area contributed by atoms with Gasteiger partial charge in [-0.25, -0.2) is 13.8 Å². The molecule has 2 aromatic heterocycles. The fourth-order valence-electron chi connectivity index (χ4n) is 3.78. The van der Waals surface area contributed by atoms with E-state index in [1.54, 1.807) is 30.5 Å². The van der Waals surface area contributed by atoms with E-state index in [-0.39, 0.29) is 22.8 Å². The highest BCUT2D eigenvalue weighted by Crippen LogP contribution is 2.35. The molecule has 0 aliphatic carbocycles. The van der Waals surface area contributed by atoms with Gasteiger partial charge in [0.25, 0.3) is 5.56 Å². The molecular formula is C26H21ClF2N2O2. The molecule has 2 heterocycles. The van der Waals surface area contributed by atoms with Crippen LogP contribution in [0.2, 0.25) is 5.02 Å². The molecule has 0 saturated heterocycles. The summed E-state index contributed by atoms with van der Waals surface area (Å²) in [7, 11) is 0. The van der Waals surface area contributed by atoms with Gasteiger partial charge >= 0.3 is 0 Å². The van der Waals surface area contributed by atoms with Crippen LogP contribution in [0.4, 0.5) is 8.78 Å². The number of pyridine rings is 1. The lowest BCUT2D eigenvalue weighted by Gasteiger charge is -2.14. The molecule has 168 valence electrons. The van der Waals surface area contributed by atoms with Crippen molar-refractivity contribution in [2.45, 2.75) is 27.7 Å². The van der Waals surface area contributed by atoms with E-state index in [0.29, 0.717) is 22.0 Å². The Hall–Kier alpha value is -3.51. The Kier molecular flexibility index (Phi) is 6.04. The summed E-state index contributed by atoms with van der Waals surface area (Å²) in [6.45, 7) is 7.51. The molecule has 0 atom stereocenters. The van der Waals surface area contributed by atoms with E-state index in [0.717, 1.165) is 28.8 Å². The molecule has 0 aliphatic heterocycles. The van der Waals surface area contributed by atoms with Gasteiger partial charge in [-0.05, 0) is 75.2 Å². The van der Waals surface area contributed by atoms with E-state index in [9.17, 15) is 13.6 Å². The first-order valence-corrected chi connectivity index (χ1v) is 10.6. The number of halogens is 3. The first-order valence-electron chi connectivity index (χ1n) is 10.3. The third kappa shape index (κ3) is 4.52. The largest absolute Gasteiger partial charge is 0.436 e. The first kappa shape index (κ1) is 22.7. The van der Waals surface area contributed by atoms with E-state index in [4.69, 9.17) is 16.0 Å². The molecule has 0 N–H and O–H groups in total. The highest BCUT2D eigenvalue weighted by molar-refractivity contribution is 6.30. The van der Waals surface area contributed by atoms with Crippen molar-refractivity contribution in [3.63, 3.8) is 0 Å². The van der Waals surface area contributed by atoms with Crippen molar-refractivity contribution >= 4 is 17.7 Å². The number of hydrogen-bond acceptors (Lipinski definition) is 3. The number of aryl methyl sites for hydroxylation is 2. The minimum Gasteiger partial charge on any atom is -0.436 e. The monoisotopic (exact) mass is 466 g/mol. The number of aromatic nitrogens is 2. The predicted molar refractivity (Wildman–Crippen MR) is 127 cm³/mol. The Balaban J connectivity index is 1.97. The summed E-state index contributed by atoms with van der Waals surface area (Å²) in [5.74, 6) is -1.03. The normalized spacial score (nSPS) is 11.0. The maximum absolute atomic E-state index is 14.6. The van der Waals surface area contributed by atoms with E-state index in [1.807, 2.05) is 27.7 Å². The summed E-state index contributed by atoms with van der Waals surface area (Å²) < 4.78 is 35.5. The standard InChI is InChI=1S/C26H21ClF2N2O2/c1-14(2)9-22-30-24(26(33-22)20-7-6-19(28)12-21(20)29)17-5-8-23(32)31(13-17)25-15(3)10-18(27)11-16(25)4/h5-13H,1-4H3. The second-order valence-electron chi connectivity index (χ2n) is 8.09. The minimum atomic E-state index is -0.770. The second kappa shape index (κ2) is 8.79. The fourth-order valence-corrected chi connectivity index (χ4v) is 4.11. The molecule has 4 aromatic rings. The number of benzene rings is 2. The van der Waals surface area contributed by atoms with E-state index in [1.165, 1.54) is 16.7 Å². The maximum atomic E-state index is 14.6. The SMILES string of the molecule is CC(C)=Cc1nc(-c2ccc(=O)n(-c3c(C)cc(Cl)cc3C)c2)c(-c2ccc(F)cc2F)o1. The number of nitrogens with zero attached hydrogens (tertiary/aromatic N) is 2. The summed E-state index contributed by atoms with van der Waals surface area (Å²) in [5, 5.41) is 0.579. The Morgan fingerprint density at radius 1 is 1.06 bits per heavy atom. The van der Waals surface area contributed by atoms with Crippen molar-refractivity contribution in [3.05, 3.63) is 98.3 Å². The highest BCUT2D eigenvalue weighted by atomic mass is 35.5. The lowest BCUT2D eigenvalue weighted by molar-refractivity contribution is 0.546. The van der Waals surface area contributed by atoms with Gasteiger partial charge in [-0.1, -0.05) is 17.2 Å². The average molecular weight is 467 g/mol. The van der Waals surface area contributed by atoms with Crippen LogP contribution >= 0.6 is 11.6 Å². The van der Waals surface area contributed by atoms with Crippen LogP contribution in [-0.4, -0.2) is 9.55 Å². The smallest absolute Gasteiger partial charge is 0.255 e. The van der Waals surface area contributed by atoms with Gasteiger partial charge in [0.2, 0.25) is 5.89 Å². The van der Waals surface area contributed by atoms with Gasteiger partial charge in [0.05, 0.1) is 11.3 Å². The molecular weight excluding hydrogens is 446 g/mol. The van der Waals surface area contributed by atoms with Crippen LogP contribution in [0.15, 0.2) is 63.4 Å². The van der Waals surface area contributed by atoms with Gasteiger partial charge in [0.15, 0.2) is 5.76 Å². The van der Waals surface area contributed by atoms with E-state index >= 15 is 0 Å². The van der Waals surface area contributed by atoms with Crippen LogP contribution in [0, 0.1) is 25.5 Å². The quantitative estimate of drug-likeness (QED) is 0.321. The molecule has 4 nitrogen and oxygen atoms in total. The molecule has 33 heavy (non-hydrogen) atoms. The van der Waals surface area contributed by atoms with Gasteiger partial charge in [-0.2, -0.15) is 0 Å². The van der Waals surface area contributed by atoms with Crippen LogP contribution in [0.25, 0.3) is 34.3 Å². The predicted octanol–water partition coefficient (Wildman–Crippen LogP) is 7.13. The fraction of sp³-hybridized carbons (Fsp3) is 0.154. The molecule has 0 aliphatic rings. The molecule has 0 bridgehead atoms.